The van der Waals surface area contributed by atoms with Gasteiger partial charge in [-0.3, -0.25) is 33.0 Å². The molecule has 6 rings (SSSR count). The van der Waals surface area contributed by atoms with Crippen molar-refractivity contribution in [1.29, 1.82) is 0 Å². The maximum Gasteiger partial charge on any atom is 0.336 e. The van der Waals surface area contributed by atoms with E-state index in [0.717, 1.165) is 24.9 Å². The highest BCUT2D eigenvalue weighted by Gasteiger charge is 2.32. The Morgan fingerprint density at radius 1 is 0.976 bits per heavy atom. The molecule has 2 aromatic carbocycles. The Hall–Kier alpha value is -4.51. The summed E-state index contributed by atoms with van der Waals surface area (Å²) in [5, 5.41) is 6.03. The third-order valence-electron chi connectivity index (χ3n) is 8.33. The van der Waals surface area contributed by atoms with Gasteiger partial charge in [0.25, 0.3) is 11.1 Å². The van der Waals surface area contributed by atoms with Gasteiger partial charge in [0, 0.05) is 24.3 Å². The van der Waals surface area contributed by atoms with Crippen molar-refractivity contribution in [3.05, 3.63) is 90.6 Å². The molecule has 2 fully saturated rings. The number of aromatic nitrogens is 3. The molecule has 0 bridgehead atoms. The molecule has 0 radical (unpaired) electrons. The number of benzene rings is 2. The molecule has 1 atom stereocenters. The van der Waals surface area contributed by atoms with Crippen LogP contribution in [0.4, 0.5) is 21.6 Å². The van der Waals surface area contributed by atoms with E-state index in [1.807, 2.05) is 11.9 Å². The molecule has 42 heavy (non-hydrogen) atoms. The van der Waals surface area contributed by atoms with Crippen LogP contribution in [-0.2, 0) is 11.8 Å². The fourth-order valence-electron chi connectivity index (χ4n) is 5.89. The number of nitrogens with zero attached hydrogens (tertiary/aromatic N) is 4. The van der Waals surface area contributed by atoms with Crippen molar-refractivity contribution < 1.29 is 9.18 Å². The number of anilines is 3. The Kier molecular flexibility index (Phi) is 6.84. The van der Waals surface area contributed by atoms with E-state index in [1.165, 1.54) is 26.8 Å². The second kappa shape index (κ2) is 10.4. The van der Waals surface area contributed by atoms with Crippen LogP contribution in [-0.4, -0.2) is 44.1 Å². The van der Waals surface area contributed by atoms with Gasteiger partial charge in [-0.05, 0) is 89.0 Å². The Balaban J connectivity index is 1.58. The second-order valence-electron chi connectivity index (χ2n) is 11.4. The van der Waals surface area contributed by atoms with Gasteiger partial charge in [0.1, 0.15) is 17.0 Å². The monoisotopic (exact) mass is 572 g/mol. The van der Waals surface area contributed by atoms with Crippen molar-refractivity contribution in [2.45, 2.75) is 51.6 Å². The number of amides is 1. The van der Waals surface area contributed by atoms with Gasteiger partial charge >= 0.3 is 5.69 Å². The van der Waals surface area contributed by atoms with Crippen LogP contribution in [0.5, 0.6) is 0 Å². The maximum atomic E-state index is 14.9. The molecule has 0 spiro atoms. The van der Waals surface area contributed by atoms with Crippen LogP contribution in [0.15, 0.2) is 56.8 Å². The Morgan fingerprint density at radius 3 is 2.40 bits per heavy atom. The van der Waals surface area contributed by atoms with Crippen molar-refractivity contribution in [3.63, 3.8) is 0 Å². The third kappa shape index (κ3) is 4.63. The van der Waals surface area contributed by atoms with E-state index in [9.17, 15) is 23.6 Å². The summed E-state index contributed by atoms with van der Waals surface area (Å²) in [5.74, 6) is -0.586. The standard InChI is InChI=1S/C31H33FN6O4/c1-17-10-13-23(22(32)15-17)34-27-25-26(18(2)29(40)36(27)4)37(31(42)38(30(25)41)20-11-12-20)21-8-5-7-19(16-21)33-28(39)24-9-6-14-35(24)3/h5,7-8,10,13,15-16,20,24,34H,6,9,11-12,14H2,1-4H3,(H,33,39). The molecule has 3 heterocycles. The Morgan fingerprint density at radius 2 is 1.74 bits per heavy atom. The zero-order chi connectivity index (χ0) is 29.9. The molecule has 2 aromatic heterocycles. The smallest absolute Gasteiger partial charge is 0.336 e. The molecule has 4 aromatic rings. The fourth-order valence-corrected chi connectivity index (χ4v) is 5.89. The first-order valence-electron chi connectivity index (χ1n) is 14.1. The van der Waals surface area contributed by atoms with Crippen molar-refractivity contribution in [1.82, 2.24) is 18.6 Å². The molecule has 218 valence electrons. The number of halogens is 1. The molecular weight excluding hydrogens is 539 g/mol. The van der Waals surface area contributed by atoms with E-state index in [4.69, 9.17) is 0 Å². The summed E-state index contributed by atoms with van der Waals surface area (Å²) in [5.41, 5.74) is 0.469. The number of carbonyl (C=O) groups is 1. The van der Waals surface area contributed by atoms with Gasteiger partial charge in [-0.15, -0.1) is 0 Å². The van der Waals surface area contributed by atoms with Gasteiger partial charge in [-0.2, -0.15) is 0 Å². The number of likely N-dealkylation sites (N-methyl/N-ethyl adjacent to an activating group) is 1. The highest BCUT2D eigenvalue weighted by atomic mass is 19.1. The SMILES string of the molecule is Cc1ccc(Nc2c3c(=O)n(C4CC4)c(=O)n(-c4cccc(NC(=O)C5CCCN5C)c4)c3c(C)c(=O)n2C)c(F)c1. The van der Waals surface area contributed by atoms with Gasteiger partial charge in [0.05, 0.1) is 22.9 Å². The molecule has 2 N–H and O–H groups in total. The molecule has 10 nitrogen and oxygen atoms in total. The number of rotatable bonds is 6. The highest BCUT2D eigenvalue weighted by molar-refractivity contribution is 5.96. The van der Waals surface area contributed by atoms with Crippen molar-refractivity contribution in [2.24, 2.45) is 7.05 Å². The van der Waals surface area contributed by atoms with Crippen LogP contribution < -0.4 is 27.4 Å². The molecule has 1 aliphatic carbocycles. The van der Waals surface area contributed by atoms with Gasteiger partial charge in [-0.25, -0.2) is 9.18 Å². The summed E-state index contributed by atoms with van der Waals surface area (Å²) in [6.45, 7) is 4.18. The lowest BCUT2D eigenvalue weighted by atomic mass is 10.1. The second-order valence-corrected chi connectivity index (χ2v) is 11.4. The molecular formula is C31H33FN6O4. The molecule has 2 aliphatic rings. The van der Waals surface area contributed by atoms with Crippen LogP contribution in [0.3, 0.4) is 0 Å². The lowest BCUT2D eigenvalue weighted by molar-refractivity contribution is -0.119. The molecule has 1 saturated heterocycles. The van der Waals surface area contributed by atoms with Crippen molar-refractivity contribution >= 4 is 34.0 Å². The Labute approximate surface area is 241 Å². The number of hydrogen-bond donors (Lipinski definition) is 2. The van der Waals surface area contributed by atoms with Crippen LogP contribution in [0.25, 0.3) is 16.6 Å². The van der Waals surface area contributed by atoms with Gasteiger partial charge < -0.3 is 10.6 Å². The van der Waals surface area contributed by atoms with Crippen LogP contribution in [0.2, 0.25) is 0 Å². The first-order valence-corrected chi connectivity index (χ1v) is 14.1. The van der Waals surface area contributed by atoms with Crippen LogP contribution in [0.1, 0.15) is 42.9 Å². The maximum absolute atomic E-state index is 14.9. The van der Waals surface area contributed by atoms with E-state index in [1.54, 1.807) is 50.2 Å². The average molecular weight is 573 g/mol. The number of hydrogen-bond acceptors (Lipinski definition) is 6. The first kappa shape index (κ1) is 27.6. The molecule has 11 heteroatoms. The van der Waals surface area contributed by atoms with Crippen LogP contribution >= 0.6 is 0 Å². The van der Waals surface area contributed by atoms with Gasteiger partial charge in [0.2, 0.25) is 5.91 Å². The number of carbonyl (C=O) groups excluding carboxylic acids is 1. The predicted molar refractivity (Wildman–Crippen MR) is 161 cm³/mol. The van der Waals surface area contributed by atoms with E-state index in [2.05, 4.69) is 10.6 Å². The topological polar surface area (TPSA) is 110 Å². The van der Waals surface area contributed by atoms with Gasteiger partial charge in [-0.1, -0.05) is 12.1 Å². The number of nitrogens with one attached hydrogen (secondary N) is 2. The number of aryl methyl sites for hydroxylation is 2. The highest BCUT2D eigenvalue weighted by Crippen LogP contribution is 2.34. The normalized spacial score (nSPS) is 17.1. The summed E-state index contributed by atoms with van der Waals surface area (Å²) >= 11 is 0. The van der Waals surface area contributed by atoms with E-state index in [-0.39, 0.29) is 46.0 Å². The first-order chi connectivity index (χ1) is 20.1. The minimum atomic E-state index is -0.571. The average Bonchev–Trinajstić information content (AvgIpc) is 3.69. The summed E-state index contributed by atoms with van der Waals surface area (Å²) < 4.78 is 18.8. The predicted octanol–water partition coefficient (Wildman–Crippen LogP) is 3.72. The lowest BCUT2D eigenvalue weighted by Crippen LogP contribution is -2.41. The summed E-state index contributed by atoms with van der Waals surface area (Å²) in [7, 11) is 3.42. The summed E-state index contributed by atoms with van der Waals surface area (Å²) in [6, 6.07) is 10.9. The summed E-state index contributed by atoms with van der Waals surface area (Å²) in [4.78, 5) is 56.5. The Bertz CT molecular complexity index is 1940. The molecule has 1 unspecified atom stereocenters. The number of likely N-dealkylation sites (tertiary alicyclic amines) is 1. The fraction of sp³-hybridized carbons (Fsp3) is 0.355. The number of pyridine rings is 1. The minimum absolute atomic E-state index is 0.0882. The minimum Gasteiger partial charge on any atom is -0.338 e. The van der Waals surface area contributed by atoms with Crippen LogP contribution in [0, 0.1) is 19.7 Å². The van der Waals surface area contributed by atoms with E-state index >= 15 is 0 Å². The van der Waals surface area contributed by atoms with Crippen molar-refractivity contribution in [2.75, 3.05) is 24.2 Å². The zero-order valence-corrected chi connectivity index (χ0v) is 24.0. The quantitative estimate of drug-likeness (QED) is 0.365. The summed E-state index contributed by atoms with van der Waals surface area (Å²) in [6.07, 6.45) is 3.05. The van der Waals surface area contributed by atoms with Gasteiger partial charge in [0.15, 0.2) is 0 Å². The van der Waals surface area contributed by atoms with Crippen molar-refractivity contribution in [3.8, 4) is 5.69 Å². The van der Waals surface area contributed by atoms with E-state index in [0.29, 0.717) is 24.2 Å². The largest absolute Gasteiger partial charge is 0.338 e. The third-order valence-corrected chi connectivity index (χ3v) is 8.33. The zero-order valence-electron chi connectivity index (χ0n) is 24.0. The molecule has 1 aliphatic heterocycles. The lowest BCUT2D eigenvalue weighted by Gasteiger charge is -2.21. The van der Waals surface area contributed by atoms with E-state index < -0.39 is 22.6 Å². The molecule has 1 amide bonds. The molecule has 1 saturated carbocycles. The number of fused-ring (bicyclic) bond motifs is 1.